The summed E-state index contributed by atoms with van der Waals surface area (Å²) in [6, 6.07) is 13.3. The molecule has 172 valence electrons. The summed E-state index contributed by atoms with van der Waals surface area (Å²) in [5.74, 6) is -0.734. The molecular formula is C22H17BrCl2N2O5S. The van der Waals surface area contributed by atoms with Gasteiger partial charge in [-0.25, -0.2) is 13.6 Å². The lowest BCUT2D eigenvalue weighted by molar-refractivity contribution is -0.118. The molecule has 11 heteroatoms. The van der Waals surface area contributed by atoms with Gasteiger partial charge in [0, 0.05) is 25.8 Å². The van der Waals surface area contributed by atoms with E-state index in [1.807, 2.05) is 0 Å². The molecule has 3 N–H and O–H groups in total. The Hall–Kier alpha value is -2.43. The Balaban J connectivity index is 1.77. The molecular weight excluding hydrogens is 555 g/mol. The quantitative estimate of drug-likeness (QED) is 0.389. The highest BCUT2D eigenvalue weighted by atomic mass is 79.9. The van der Waals surface area contributed by atoms with Gasteiger partial charge in [0.1, 0.15) is 5.75 Å². The largest absolute Gasteiger partial charge is 0.483 e. The maximum atomic E-state index is 13.0. The van der Waals surface area contributed by atoms with Crippen LogP contribution < -0.4 is 15.2 Å². The molecule has 7 nitrogen and oxygen atoms in total. The van der Waals surface area contributed by atoms with E-state index in [-0.39, 0.29) is 22.0 Å². The van der Waals surface area contributed by atoms with Crippen molar-refractivity contribution in [3.05, 3.63) is 85.8 Å². The predicted octanol–water partition coefficient (Wildman–Crippen LogP) is 4.96. The highest BCUT2D eigenvalue weighted by molar-refractivity contribution is 9.10. The summed E-state index contributed by atoms with van der Waals surface area (Å²) in [5, 5.41) is 8.44. The van der Waals surface area contributed by atoms with Crippen molar-refractivity contribution in [2.75, 3.05) is 11.9 Å². The SMILES string of the molecule is Cc1cc(S(N)(=O)=O)ccc1NC(=O)COc1ccc(Cl)cc1C(=O)c1cc(Cl)cc(Br)c1. The number of halogens is 3. The van der Waals surface area contributed by atoms with Crippen LogP contribution in [0.1, 0.15) is 21.5 Å². The van der Waals surface area contributed by atoms with E-state index < -0.39 is 22.5 Å². The molecule has 0 unspecified atom stereocenters. The number of ketones is 1. The first-order valence-electron chi connectivity index (χ1n) is 9.30. The van der Waals surface area contributed by atoms with Crippen molar-refractivity contribution in [3.63, 3.8) is 0 Å². The van der Waals surface area contributed by atoms with Gasteiger partial charge in [0.25, 0.3) is 5.91 Å². The molecule has 0 atom stereocenters. The minimum atomic E-state index is -3.85. The number of carbonyl (C=O) groups is 2. The van der Waals surface area contributed by atoms with Crippen molar-refractivity contribution in [1.82, 2.24) is 0 Å². The summed E-state index contributed by atoms with van der Waals surface area (Å²) < 4.78 is 29.1. The van der Waals surface area contributed by atoms with Crippen molar-refractivity contribution >= 4 is 66.5 Å². The van der Waals surface area contributed by atoms with Crippen LogP contribution >= 0.6 is 39.1 Å². The van der Waals surface area contributed by atoms with E-state index in [0.29, 0.717) is 31.3 Å². The third-order valence-electron chi connectivity index (χ3n) is 4.47. The first kappa shape index (κ1) is 25.2. The van der Waals surface area contributed by atoms with Gasteiger partial charge in [-0.1, -0.05) is 39.1 Å². The fraction of sp³-hybridized carbons (Fsp3) is 0.0909. The van der Waals surface area contributed by atoms with Crippen molar-refractivity contribution in [2.24, 2.45) is 5.14 Å². The van der Waals surface area contributed by atoms with Crippen LogP contribution in [-0.4, -0.2) is 26.7 Å². The monoisotopic (exact) mass is 570 g/mol. The number of ether oxygens (including phenoxy) is 1. The van der Waals surface area contributed by atoms with Gasteiger partial charge in [0.2, 0.25) is 10.0 Å². The number of primary sulfonamides is 1. The Morgan fingerprint density at radius 2 is 1.76 bits per heavy atom. The Morgan fingerprint density at radius 1 is 1.03 bits per heavy atom. The summed E-state index contributed by atoms with van der Waals surface area (Å²) >= 11 is 15.4. The molecule has 0 aromatic heterocycles. The topological polar surface area (TPSA) is 116 Å². The van der Waals surface area contributed by atoms with Gasteiger partial charge >= 0.3 is 0 Å². The lowest BCUT2D eigenvalue weighted by Crippen LogP contribution is -2.21. The maximum absolute atomic E-state index is 13.0. The molecule has 33 heavy (non-hydrogen) atoms. The second-order valence-corrected chi connectivity index (χ2v) is 10.3. The third-order valence-corrected chi connectivity index (χ3v) is 6.29. The molecule has 0 spiro atoms. The number of benzene rings is 3. The van der Waals surface area contributed by atoms with Gasteiger partial charge in [-0.2, -0.15) is 0 Å². The molecule has 0 aliphatic rings. The Bertz CT molecular complexity index is 1340. The third kappa shape index (κ3) is 6.55. The van der Waals surface area contributed by atoms with E-state index in [4.69, 9.17) is 33.1 Å². The summed E-state index contributed by atoms with van der Waals surface area (Å²) in [4.78, 5) is 25.4. The molecule has 0 saturated carbocycles. The lowest BCUT2D eigenvalue weighted by atomic mass is 10.0. The molecule has 0 bridgehead atoms. The fourth-order valence-electron chi connectivity index (χ4n) is 2.93. The second-order valence-electron chi connectivity index (χ2n) is 6.99. The average molecular weight is 572 g/mol. The van der Waals surface area contributed by atoms with E-state index >= 15 is 0 Å². The Morgan fingerprint density at radius 3 is 2.39 bits per heavy atom. The van der Waals surface area contributed by atoms with Crippen LogP contribution in [0.4, 0.5) is 5.69 Å². The number of carbonyl (C=O) groups excluding carboxylic acids is 2. The highest BCUT2D eigenvalue weighted by Crippen LogP contribution is 2.28. The summed E-state index contributed by atoms with van der Waals surface area (Å²) in [7, 11) is -3.85. The van der Waals surface area contributed by atoms with Crippen LogP contribution in [0.15, 0.2) is 64.0 Å². The van der Waals surface area contributed by atoms with Crippen LogP contribution in [0.5, 0.6) is 5.75 Å². The Kier molecular flexibility index (Phi) is 7.81. The molecule has 1 amide bonds. The first-order chi connectivity index (χ1) is 15.4. The van der Waals surface area contributed by atoms with Gasteiger partial charge in [0.05, 0.1) is 10.5 Å². The number of aryl methyl sites for hydroxylation is 1. The standard InChI is InChI=1S/C22H17BrCl2N2O5S/c1-12-6-17(33(26,30)31)3-4-19(12)27-21(28)11-32-20-5-2-15(24)10-18(20)22(29)13-7-14(23)9-16(25)8-13/h2-10H,11H2,1H3,(H,27,28)(H2,26,30,31). The molecule has 3 aromatic rings. The number of nitrogens with two attached hydrogens (primary N) is 1. The highest BCUT2D eigenvalue weighted by Gasteiger charge is 2.18. The second kappa shape index (κ2) is 10.2. The number of rotatable bonds is 7. The predicted molar refractivity (Wildman–Crippen MR) is 131 cm³/mol. The summed E-state index contributed by atoms with van der Waals surface area (Å²) in [6.07, 6.45) is 0. The normalized spacial score (nSPS) is 11.2. The van der Waals surface area contributed by atoms with Crippen molar-refractivity contribution < 1.29 is 22.7 Å². The van der Waals surface area contributed by atoms with Crippen molar-refractivity contribution in [3.8, 4) is 5.75 Å². The molecule has 0 aliphatic carbocycles. The van der Waals surface area contributed by atoms with Crippen LogP contribution in [0.2, 0.25) is 10.0 Å². The van der Waals surface area contributed by atoms with Gasteiger partial charge in [-0.3, -0.25) is 9.59 Å². The molecule has 0 saturated heterocycles. The summed E-state index contributed by atoms with van der Waals surface area (Å²) in [5.41, 5.74) is 1.38. The van der Waals surface area contributed by atoms with Gasteiger partial charge in [-0.05, 0) is 67.1 Å². The number of sulfonamides is 1. The van der Waals surface area contributed by atoms with Crippen molar-refractivity contribution in [2.45, 2.75) is 11.8 Å². The lowest BCUT2D eigenvalue weighted by Gasteiger charge is -2.13. The number of amides is 1. The zero-order valence-corrected chi connectivity index (χ0v) is 21.0. The number of anilines is 1. The molecule has 0 aliphatic heterocycles. The van der Waals surface area contributed by atoms with E-state index in [9.17, 15) is 18.0 Å². The first-order valence-corrected chi connectivity index (χ1v) is 12.4. The van der Waals surface area contributed by atoms with Crippen molar-refractivity contribution in [1.29, 1.82) is 0 Å². The molecule has 3 rings (SSSR count). The van der Waals surface area contributed by atoms with Crippen LogP contribution in [0, 0.1) is 6.92 Å². The van der Waals surface area contributed by atoms with Crippen LogP contribution in [0.25, 0.3) is 0 Å². The van der Waals surface area contributed by atoms with E-state index in [2.05, 4.69) is 21.2 Å². The zero-order valence-electron chi connectivity index (χ0n) is 17.1. The van der Waals surface area contributed by atoms with Crippen LogP contribution in [0.3, 0.4) is 0 Å². The number of nitrogens with one attached hydrogen (secondary N) is 1. The van der Waals surface area contributed by atoms with E-state index in [1.54, 1.807) is 19.1 Å². The van der Waals surface area contributed by atoms with Gasteiger partial charge < -0.3 is 10.1 Å². The number of hydrogen-bond donors (Lipinski definition) is 2. The average Bonchev–Trinajstić information content (AvgIpc) is 2.72. The molecule has 0 radical (unpaired) electrons. The van der Waals surface area contributed by atoms with Gasteiger partial charge in [0.15, 0.2) is 12.4 Å². The molecule has 3 aromatic carbocycles. The van der Waals surface area contributed by atoms with E-state index in [1.165, 1.54) is 42.5 Å². The minimum Gasteiger partial charge on any atom is -0.483 e. The number of hydrogen-bond acceptors (Lipinski definition) is 5. The van der Waals surface area contributed by atoms with Gasteiger partial charge in [-0.15, -0.1) is 0 Å². The zero-order chi connectivity index (χ0) is 24.3. The molecule has 0 fully saturated rings. The van der Waals surface area contributed by atoms with E-state index in [0.717, 1.165) is 0 Å². The Labute approximate surface area is 209 Å². The minimum absolute atomic E-state index is 0.0637. The summed E-state index contributed by atoms with van der Waals surface area (Å²) in [6.45, 7) is 1.22. The smallest absolute Gasteiger partial charge is 0.262 e. The molecule has 0 heterocycles. The maximum Gasteiger partial charge on any atom is 0.262 e. The fourth-order valence-corrected chi connectivity index (χ4v) is 4.56. The van der Waals surface area contributed by atoms with Crippen LogP contribution in [-0.2, 0) is 14.8 Å².